The van der Waals surface area contributed by atoms with Crippen molar-refractivity contribution in [3.63, 3.8) is 0 Å². The van der Waals surface area contributed by atoms with E-state index in [0.29, 0.717) is 5.41 Å². The summed E-state index contributed by atoms with van der Waals surface area (Å²) in [5.74, 6) is 0. The summed E-state index contributed by atoms with van der Waals surface area (Å²) in [5.41, 5.74) is 2.04. The van der Waals surface area contributed by atoms with E-state index >= 15 is 0 Å². The van der Waals surface area contributed by atoms with Gasteiger partial charge in [-0.15, -0.1) is 0 Å². The molecule has 1 aliphatic heterocycles. The van der Waals surface area contributed by atoms with Crippen LogP contribution in [0.25, 0.3) is 0 Å². The molecule has 1 aliphatic rings. The molecule has 0 saturated carbocycles. The van der Waals surface area contributed by atoms with Crippen LogP contribution in [0.3, 0.4) is 0 Å². The van der Waals surface area contributed by atoms with Crippen LogP contribution in [0, 0.1) is 5.41 Å². The van der Waals surface area contributed by atoms with E-state index < -0.39 is 0 Å². The summed E-state index contributed by atoms with van der Waals surface area (Å²) in [6.07, 6.45) is 7.83. The first kappa shape index (κ1) is 11.5. The molecule has 1 heteroatoms. The quantitative estimate of drug-likeness (QED) is 0.620. The van der Waals surface area contributed by atoms with Crippen LogP contribution in [0.15, 0.2) is 24.3 Å². The highest BCUT2D eigenvalue weighted by molar-refractivity contribution is 5.12. The second kappa shape index (κ2) is 4.79. The van der Waals surface area contributed by atoms with Gasteiger partial charge < -0.3 is 4.90 Å². The van der Waals surface area contributed by atoms with E-state index in [1.807, 2.05) is 6.08 Å². The molecule has 1 nitrogen and oxygen atoms in total. The molecule has 1 unspecified atom stereocenters. The summed E-state index contributed by atoms with van der Waals surface area (Å²) < 4.78 is 0. The van der Waals surface area contributed by atoms with Crippen molar-refractivity contribution in [3.8, 4) is 0 Å². The highest BCUT2D eigenvalue weighted by Gasteiger charge is 2.31. The first-order valence-electron chi connectivity index (χ1n) is 5.58. The zero-order chi connectivity index (χ0) is 10.6. The summed E-state index contributed by atoms with van der Waals surface area (Å²) in [4.78, 5) is 2.43. The number of allylic oxidation sites excluding steroid dienone is 3. The largest absolute Gasteiger partial charge is 0.306 e. The van der Waals surface area contributed by atoms with Gasteiger partial charge in [-0.25, -0.2) is 0 Å². The minimum Gasteiger partial charge on any atom is -0.306 e. The Morgan fingerprint density at radius 2 is 2.29 bits per heavy atom. The molecule has 0 aromatic carbocycles. The average molecular weight is 193 g/mol. The van der Waals surface area contributed by atoms with Gasteiger partial charge in [-0.05, 0) is 38.3 Å². The van der Waals surface area contributed by atoms with Gasteiger partial charge in [0.05, 0.1) is 0 Å². The van der Waals surface area contributed by atoms with E-state index in [2.05, 4.69) is 38.5 Å². The minimum absolute atomic E-state index is 0.500. The fourth-order valence-electron chi connectivity index (χ4n) is 2.43. The zero-order valence-electron chi connectivity index (χ0n) is 9.84. The molecular weight excluding hydrogens is 170 g/mol. The van der Waals surface area contributed by atoms with Gasteiger partial charge in [-0.1, -0.05) is 38.2 Å². The van der Waals surface area contributed by atoms with Crippen LogP contribution in [0.2, 0.25) is 0 Å². The molecule has 80 valence electrons. The van der Waals surface area contributed by atoms with E-state index in [-0.39, 0.29) is 0 Å². The van der Waals surface area contributed by atoms with E-state index in [0.717, 1.165) is 6.42 Å². The van der Waals surface area contributed by atoms with Gasteiger partial charge in [-0.3, -0.25) is 0 Å². The Morgan fingerprint density at radius 1 is 1.57 bits per heavy atom. The van der Waals surface area contributed by atoms with Crippen LogP contribution in [0.4, 0.5) is 0 Å². The first-order chi connectivity index (χ1) is 6.59. The Hall–Kier alpha value is -0.560. The van der Waals surface area contributed by atoms with Gasteiger partial charge in [0.2, 0.25) is 0 Å². The Kier molecular flexibility index (Phi) is 3.94. The van der Waals surface area contributed by atoms with Gasteiger partial charge in [0, 0.05) is 6.54 Å². The fraction of sp³-hybridized carbons (Fsp3) is 0.692. The normalized spacial score (nSPS) is 29.5. The van der Waals surface area contributed by atoms with Gasteiger partial charge >= 0.3 is 0 Å². The predicted octanol–water partition coefficient (Wildman–Crippen LogP) is 3.24. The second-order valence-corrected chi connectivity index (χ2v) is 4.89. The van der Waals surface area contributed by atoms with Crippen LogP contribution >= 0.6 is 0 Å². The van der Waals surface area contributed by atoms with Gasteiger partial charge in [0.1, 0.15) is 0 Å². The van der Waals surface area contributed by atoms with Crippen molar-refractivity contribution in [1.29, 1.82) is 0 Å². The summed E-state index contributed by atoms with van der Waals surface area (Å²) in [6.45, 7) is 10.9. The van der Waals surface area contributed by atoms with E-state index in [4.69, 9.17) is 0 Å². The van der Waals surface area contributed by atoms with E-state index in [1.165, 1.54) is 31.5 Å². The van der Waals surface area contributed by atoms with Gasteiger partial charge in [0.15, 0.2) is 0 Å². The lowest BCUT2D eigenvalue weighted by Crippen LogP contribution is -2.22. The molecule has 0 N–H and O–H groups in total. The van der Waals surface area contributed by atoms with Crippen LogP contribution < -0.4 is 0 Å². The Bertz CT molecular complexity index is 229. The maximum atomic E-state index is 3.77. The molecule has 0 bridgehead atoms. The monoisotopic (exact) mass is 193 g/mol. The van der Waals surface area contributed by atoms with Crippen LogP contribution in [0.1, 0.15) is 33.1 Å². The first-order valence-corrected chi connectivity index (χ1v) is 5.58. The highest BCUT2D eigenvalue weighted by Crippen LogP contribution is 2.36. The maximum Gasteiger partial charge on any atom is 0.00358 e. The summed E-state index contributed by atoms with van der Waals surface area (Å²) in [7, 11) is 2.22. The molecule has 1 saturated heterocycles. The van der Waals surface area contributed by atoms with E-state index in [9.17, 15) is 0 Å². The van der Waals surface area contributed by atoms with Crippen molar-refractivity contribution in [2.75, 3.05) is 20.1 Å². The summed E-state index contributed by atoms with van der Waals surface area (Å²) in [5, 5.41) is 0. The van der Waals surface area contributed by atoms with E-state index in [1.54, 1.807) is 0 Å². The topological polar surface area (TPSA) is 3.24 Å². The van der Waals surface area contributed by atoms with Crippen LogP contribution in [0.5, 0.6) is 0 Å². The molecule has 14 heavy (non-hydrogen) atoms. The van der Waals surface area contributed by atoms with Crippen molar-refractivity contribution in [1.82, 2.24) is 4.90 Å². The lowest BCUT2D eigenvalue weighted by Gasteiger charge is -2.24. The van der Waals surface area contributed by atoms with Crippen molar-refractivity contribution in [2.45, 2.75) is 33.1 Å². The lowest BCUT2D eigenvalue weighted by molar-refractivity contribution is 0.305. The molecular formula is C13H23N. The highest BCUT2D eigenvalue weighted by atomic mass is 15.1. The fourth-order valence-corrected chi connectivity index (χ4v) is 2.43. The minimum atomic E-state index is 0.500. The number of rotatable bonds is 4. The predicted molar refractivity (Wildman–Crippen MR) is 63.4 cm³/mol. The van der Waals surface area contributed by atoms with Crippen molar-refractivity contribution in [3.05, 3.63) is 24.3 Å². The molecule has 1 atom stereocenters. The molecule has 0 amide bonds. The average Bonchev–Trinajstić information content (AvgIpc) is 2.46. The molecule has 0 aromatic heterocycles. The van der Waals surface area contributed by atoms with Crippen molar-refractivity contribution >= 4 is 0 Å². The number of hydrogen-bond acceptors (Lipinski definition) is 1. The van der Waals surface area contributed by atoms with Gasteiger partial charge in [-0.2, -0.15) is 0 Å². The molecule has 0 aromatic rings. The van der Waals surface area contributed by atoms with Crippen LogP contribution in [-0.2, 0) is 0 Å². The SMILES string of the molecule is C=C/C=C(\CC)CC1(C)CCN(C)C1. The Morgan fingerprint density at radius 3 is 2.71 bits per heavy atom. The summed E-state index contributed by atoms with van der Waals surface area (Å²) in [6, 6.07) is 0. The van der Waals surface area contributed by atoms with Crippen LogP contribution in [-0.4, -0.2) is 25.0 Å². The zero-order valence-corrected chi connectivity index (χ0v) is 9.84. The molecule has 0 radical (unpaired) electrons. The number of hydrogen-bond donors (Lipinski definition) is 0. The third kappa shape index (κ3) is 2.98. The summed E-state index contributed by atoms with van der Waals surface area (Å²) >= 11 is 0. The molecule has 1 rings (SSSR count). The molecule has 0 spiro atoms. The third-order valence-corrected chi connectivity index (χ3v) is 3.21. The van der Waals surface area contributed by atoms with Crippen molar-refractivity contribution < 1.29 is 0 Å². The standard InChI is InChI=1S/C13H23N/c1-5-7-12(6-2)10-13(3)8-9-14(4)11-13/h5,7H,1,6,8-11H2,2-4H3/b12-7+. The third-order valence-electron chi connectivity index (χ3n) is 3.21. The number of likely N-dealkylation sites (tertiary alicyclic amines) is 1. The second-order valence-electron chi connectivity index (χ2n) is 4.89. The maximum absolute atomic E-state index is 3.77. The van der Waals surface area contributed by atoms with Gasteiger partial charge in [0.25, 0.3) is 0 Å². The Balaban J connectivity index is 2.57. The Labute approximate surface area is 88.5 Å². The number of nitrogens with zero attached hydrogens (tertiary/aromatic N) is 1. The van der Waals surface area contributed by atoms with Crippen molar-refractivity contribution in [2.24, 2.45) is 5.41 Å². The molecule has 0 aliphatic carbocycles. The lowest BCUT2D eigenvalue weighted by atomic mass is 9.82. The smallest absolute Gasteiger partial charge is 0.00358 e. The molecule has 1 fully saturated rings. The molecule has 1 heterocycles.